The lowest BCUT2D eigenvalue weighted by Crippen LogP contribution is -2.61. The minimum absolute atomic E-state index is 0.00467. The van der Waals surface area contributed by atoms with E-state index in [1.807, 2.05) is 48.1 Å². The van der Waals surface area contributed by atoms with Gasteiger partial charge in [-0.15, -0.1) is 0 Å². The number of benzene rings is 1. The summed E-state index contributed by atoms with van der Waals surface area (Å²) in [7, 11) is 2.15. The van der Waals surface area contributed by atoms with Crippen LogP contribution in [0.25, 0.3) is 5.69 Å². The smallest absolute Gasteiger partial charge is 0.229 e. The molecule has 3 aromatic rings. The molecule has 1 aliphatic rings. The highest BCUT2D eigenvalue weighted by atomic mass is 19.1. The highest BCUT2D eigenvalue weighted by Crippen LogP contribution is 2.38. The van der Waals surface area contributed by atoms with Gasteiger partial charge in [0.15, 0.2) is 11.6 Å². The minimum Gasteiger partial charge on any atom is -0.365 e. The van der Waals surface area contributed by atoms with Crippen molar-refractivity contribution in [1.29, 1.82) is 0 Å². The maximum atomic E-state index is 14.6. The van der Waals surface area contributed by atoms with Gasteiger partial charge in [0, 0.05) is 29.0 Å². The van der Waals surface area contributed by atoms with Crippen LogP contribution in [0.15, 0.2) is 42.7 Å². The predicted molar refractivity (Wildman–Crippen MR) is 126 cm³/mol. The molecule has 170 valence electrons. The fourth-order valence-corrected chi connectivity index (χ4v) is 4.61. The zero-order chi connectivity index (χ0) is 23.1. The van der Waals surface area contributed by atoms with Crippen LogP contribution in [0.3, 0.4) is 0 Å². The molecular weight excluding hydrogens is 405 g/mol. The molecule has 2 N–H and O–H groups in total. The van der Waals surface area contributed by atoms with E-state index in [1.165, 1.54) is 6.20 Å². The van der Waals surface area contributed by atoms with Crippen LogP contribution < -0.4 is 10.6 Å². The molecule has 1 aliphatic heterocycles. The molecule has 3 heterocycles. The molecule has 4 rings (SSSR count). The molecule has 1 fully saturated rings. The van der Waals surface area contributed by atoms with Crippen LogP contribution in [0.5, 0.6) is 0 Å². The number of rotatable bonds is 5. The second-order valence-electron chi connectivity index (χ2n) is 9.90. The van der Waals surface area contributed by atoms with Gasteiger partial charge in [0.2, 0.25) is 5.95 Å². The lowest BCUT2D eigenvalue weighted by atomic mass is 9.77. The maximum Gasteiger partial charge on any atom is 0.229 e. The maximum absolute atomic E-state index is 14.6. The number of aromatic nitrogens is 4. The first-order valence-corrected chi connectivity index (χ1v) is 11.0. The average molecular weight is 438 g/mol. The molecule has 0 unspecified atom stereocenters. The summed E-state index contributed by atoms with van der Waals surface area (Å²) >= 11 is 0. The van der Waals surface area contributed by atoms with Gasteiger partial charge in [0.05, 0.1) is 17.6 Å². The third kappa shape index (κ3) is 4.60. The fourth-order valence-electron chi connectivity index (χ4n) is 4.61. The highest BCUT2D eigenvalue weighted by Gasteiger charge is 2.43. The fraction of sp³-hybridized carbons (Fsp3) is 0.458. The molecule has 1 aromatic carbocycles. The molecule has 0 spiro atoms. The van der Waals surface area contributed by atoms with Gasteiger partial charge < -0.3 is 10.6 Å². The second-order valence-corrected chi connectivity index (χ2v) is 9.90. The summed E-state index contributed by atoms with van der Waals surface area (Å²) in [4.78, 5) is 11.0. The lowest BCUT2D eigenvalue weighted by Gasteiger charge is -2.53. The number of anilines is 3. The van der Waals surface area contributed by atoms with Gasteiger partial charge in [-0.1, -0.05) is 6.07 Å². The number of nitrogens with zero attached hydrogens (tertiary/aromatic N) is 5. The van der Waals surface area contributed by atoms with E-state index in [0.717, 1.165) is 29.9 Å². The van der Waals surface area contributed by atoms with Crippen molar-refractivity contribution in [2.45, 2.75) is 64.6 Å². The first-order chi connectivity index (χ1) is 15.0. The van der Waals surface area contributed by atoms with E-state index >= 15 is 0 Å². The Morgan fingerprint density at radius 3 is 2.47 bits per heavy atom. The Kier molecular flexibility index (Phi) is 5.67. The lowest BCUT2D eigenvalue weighted by molar-refractivity contribution is -0.00778. The molecule has 0 radical (unpaired) electrons. The first-order valence-electron chi connectivity index (χ1n) is 11.0. The van der Waals surface area contributed by atoms with Crippen LogP contribution >= 0.6 is 0 Å². The van der Waals surface area contributed by atoms with Crippen LogP contribution in [0, 0.1) is 12.7 Å². The number of halogens is 1. The molecule has 2 aromatic heterocycles. The summed E-state index contributed by atoms with van der Waals surface area (Å²) in [5, 5.41) is 11.0. The molecule has 32 heavy (non-hydrogen) atoms. The number of likely N-dealkylation sites (tertiary alicyclic amines) is 1. The second kappa shape index (κ2) is 8.16. The Balaban J connectivity index is 1.52. The third-order valence-corrected chi connectivity index (χ3v) is 6.48. The first kappa shape index (κ1) is 22.2. The molecular formula is C24H32FN7. The Morgan fingerprint density at radius 1 is 1.09 bits per heavy atom. The van der Waals surface area contributed by atoms with E-state index in [-0.39, 0.29) is 22.9 Å². The quantitative estimate of drug-likeness (QED) is 0.591. The van der Waals surface area contributed by atoms with Crippen LogP contribution in [0.4, 0.5) is 21.8 Å². The molecule has 0 aliphatic carbocycles. The number of hydrogen-bond acceptors (Lipinski definition) is 6. The van der Waals surface area contributed by atoms with Crippen LogP contribution in [0.1, 0.15) is 46.2 Å². The van der Waals surface area contributed by atoms with Crippen LogP contribution in [-0.2, 0) is 0 Å². The van der Waals surface area contributed by atoms with Crippen LogP contribution in [-0.4, -0.2) is 48.8 Å². The largest absolute Gasteiger partial charge is 0.365 e. The van der Waals surface area contributed by atoms with E-state index in [4.69, 9.17) is 0 Å². The monoisotopic (exact) mass is 437 g/mol. The molecule has 7 nitrogen and oxygen atoms in total. The number of nitrogens with one attached hydrogen (secondary N) is 2. The zero-order valence-corrected chi connectivity index (χ0v) is 19.6. The Morgan fingerprint density at radius 2 is 1.81 bits per heavy atom. The molecule has 0 amide bonds. The normalized spacial score (nSPS) is 18.5. The van der Waals surface area contributed by atoms with Gasteiger partial charge >= 0.3 is 0 Å². The van der Waals surface area contributed by atoms with Gasteiger partial charge in [-0.05, 0) is 78.8 Å². The summed E-state index contributed by atoms with van der Waals surface area (Å²) in [6, 6.07) is 9.84. The minimum atomic E-state index is -0.453. The van der Waals surface area contributed by atoms with Crippen molar-refractivity contribution in [3.8, 4) is 5.69 Å². The molecule has 0 saturated carbocycles. The number of hydrogen-bond donors (Lipinski definition) is 2. The van der Waals surface area contributed by atoms with Gasteiger partial charge in [-0.3, -0.25) is 4.90 Å². The number of aryl methyl sites for hydroxylation is 1. The van der Waals surface area contributed by atoms with E-state index in [0.29, 0.717) is 5.95 Å². The average Bonchev–Trinajstić information content (AvgIpc) is 3.15. The van der Waals surface area contributed by atoms with Crippen molar-refractivity contribution in [3.63, 3.8) is 0 Å². The summed E-state index contributed by atoms with van der Waals surface area (Å²) in [5.74, 6) is 0.113. The summed E-state index contributed by atoms with van der Waals surface area (Å²) in [5.41, 5.74) is 2.65. The van der Waals surface area contributed by atoms with Crippen molar-refractivity contribution >= 4 is 17.5 Å². The predicted octanol–water partition coefficient (Wildman–Crippen LogP) is 4.92. The van der Waals surface area contributed by atoms with Gasteiger partial charge in [0.25, 0.3) is 0 Å². The topological polar surface area (TPSA) is 70.9 Å². The van der Waals surface area contributed by atoms with Crippen molar-refractivity contribution < 1.29 is 4.39 Å². The Bertz CT molecular complexity index is 1090. The van der Waals surface area contributed by atoms with Crippen molar-refractivity contribution in [1.82, 2.24) is 24.6 Å². The SMILES string of the molecule is Cc1ccn(-c2cccc(Nc3ncc(F)c(NC4CC(C)(C)N(C)C(C)(C)C4)n3)c2)n1. The summed E-state index contributed by atoms with van der Waals surface area (Å²) in [6.07, 6.45) is 4.91. The Labute approximate surface area is 189 Å². The van der Waals surface area contributed by atoms with Crippen LogP contribution in [0.2, 0.25) is 0 Å². The molecule has 8 heteroatoms. The van der Waals surface area contributed by atoms with E-state index in [9.17, 15) is 4.39 Å². The highest BCUT2D eigenvalue weighted by molar-refractivity contribution is 5.58. The Hall–Kier alpha value is -3.00. The summed E-state index contributed by atoms with van der Waals surface area (Å²) < 4.78 is 16.4. The van der Waals surface area contributed by atoms with Crippen molar-refractivity contribution in [2.24, 2.45) is 0 Å². The molecule has 1 saturated heterocycles. The summed E-state index contributed by atoms with van der Waals surface area (Å²) in [6.45, 7) is 10.8. The van der Waals surface area contributed by atoms with Gasteiger partial charge in [-0.2, -0.15) is 10.1 Å². The van der Waals surface area contributed by atoms with E-state index in [2.05, 4.69) is 65.3 Å². The van der Waals surface area contributed by atoms with Crippen molar-refractivity contribution in [3.05, 3.63) is 54.2 Å². The number of piperidine rings is 1. The van der Waals surface area contributed by atoms with Gasteiger partial charge in [-0.25, -0.2) is 14.1 Å². The molecule has 0 atom stereocenters. The van der Waals surface area contributed by atoms with E-state index in [1.54, 1.807) is 0 Å². The van der Waals surface area contributed by atoms with E-state index < -0.39 is 5.82 Å². The molecule has 0 bridgehead atoms. The third-order valence-electron chi connectivity index (χ3n) is 6.48. The van der Waals surface area contributed by atoms with Gasteiger partial charge in [0.1, 0.15) is 0 Å². The zero-order valence-electron chi connectivity index (χ0n) is 19.6. The van der Waals surface area contributed by atoms with Crippen molar-refractivity contribution in [2.75, 3.05) is 17.7 Å². The standard InChI is InChI=1S/C24H32FN7/c1-16-10-11-32(30-16)19-9-7-8-17(12-19)28-22-26-15-20(25)21(29-22)27-18-13-23(2,3)31(6)24(4,5)14-18/h7-12,15,18H,13-14H2,1-6H3,(H2,26,27,28,29).